The third-order valence-electron chi connectivity index (χ3n) is 3.90. The van der Waals surface area contributed by atoms with Crippen molar-refractivity contribution in [1.29, 1.82) is 0 Å². The lowest BCUT2D eigenvalue weighted by atomic mass is 9.87. The van der Waals surface area contributed by atoms with Crippen LogP contribution >= 0.6 is 0 Å². The Morgan fingerprint density at radius 2 is 2.16 bits per heavy atom. The van der Waals surface area contributed by atoms with Gasteiger partial charge in [0.05, 0.1) is 6.54 Å². The Morgan fingerprint density at radius 3 is 2.74 bits per heavy atom. The number of carbonyl (C=O) groups is 1. The molecule has 2 rings (SSSR count). The molecule has 0 aromatic carbocycles. The van der Waals surface area contributed by atoms with E-state index in [1.807, 2.05) is 7.05 Å². The van der Waals surface area contributed by atoms with Crippen LogP contribution in [-0.2, 0) is 4.79 Å². The highest BCUT2D eigenvalue weighted by atomic mass is 16.5. The van der Waals surface area contributed by atoms with E-state index in [1.165, 1.54) is 25.7 Å². The molecule has 1 saturated carbocycles. The van der Waals surface area contributed by atoms with Crippen molar-refractivity contribution in [3.63, 3.8) is 0 Å². The molecule has 1 amide bonds. The molecule has 1 fully saturated rings. The van der Waals surface area contributed by atoms with Crippen LogP contribution in [0.5, 0.6) is 0 Å². The van der Waals surface area contributed by atoms with Crippen LogP contribution in [0.1, 0.15) is 38.4 Å². The Morgan fingerprint density at radius 1 is 1.47 bits per heavy atom. The average molecular weight is 265 g/mol. The summed E-state index contributed by atoms with van der Waals surface area (Å²) in [5.41, 5.74) is 0. The SMILES string of the molecule is Cc1cc(NC(=O)CN(C)C2CCC(C)CC2)no1. The molecule has 1 aliphatic carbocycles. The van der Waals surface area contributed by atoms with Gasteiger partial charge >= 0.3 is 0 Å². The molecule has 106 valence electrons. The number of likely N-dealkylation sites (N-methyl/N-ethyl adjacent to an activating group) is 1. The van der Waals surface area contributed by atoms with E-state index >= 15 is 0 Å². The van der Waals surface area contributed by atoms with Gasteiger partial charge in [0.1, 0.15) is 5.76 Å². The zero-order valence-electron chi connectivity index (χ0n) is 12.0. The maximum absolute atomic E-state index is 11.9. The van der Waals surface area contributed by atoms with Gasteiger partial charge in [-0.25, -0.2) is 0 Å². The third-order valence-corrected chi connectivity index (χ3v) is 3.90. The topological polar surface area (TPSA) is 58.4 Å². The van der Waals surface area contributed by atoms with Crippen molar-refractivity contribution in [2.24, 2.45) is 5.92 Å². The minimum absolute atomic E-state index is 0.0329. The summed E-state index contributed by atoms with van der Waals surface area (Å²) in [6.07, 6.45) is 4.90. The second-order valence-electron chi connectivity index (χ2n) is 5.70. The molecule has 0 bridgehead atoms. The van der Waals surface area contributed by atoms with E-state index in [1.54, 1.807) is 13.0 Å². The van der Waals surface area contributed by atoms with Crippen LogP contribution < -0.4 is 5.32 Å². The van der Waals surface area contributed by atoms with E-state index in [0.29, 0.717) is 24.2 Å². The molecular formula is C14H23N3O2. The van der Waals surface area contributed by atoms with Gasteiger partial charge in [0, 0.05) is 12.1 Å². The van der Waals surface area contributed by atoms with Gasteiger partial charge in [-0.1, -0.05) is 12.1 Å². The molecule has 1 aliphatic rings. The molecule has 5 heteroatoms. The van der Waals surface area contributed by atoms with E-state index in [0.717, 1.165) is 5.92 Å². The molecule has 5 nitrogen and oxygen atoms in total. The van der Waals surface area contributed by atoms with Crippen LogP contribution in [0.25, 0.3) is 0 Å². The van der Waals surface area contributed by atoms with Gasteiger partial charge in [0.25, 0.3) is 0 Å². The molecule has 1 aromatic rings. The summed E-state index contributed by atoms with van der Waals surface area (Å²) >= 11 is 0. The number of hydrogen-bond donors (Lipinski definition) is 1. The Kier molecular flexibility index (Phi) is 4.58. The number of aryl methyl sites for hydroxylation is 1. The maximum atomic E-state index is 11.9. The summed E-state index contributed by atoms with van der Waals surface area (Å²) < 4.78 is 4.92. The lowest BCUT2D eigenvalue weighted by Gasteiger charge is -2.33. The fourth-order valence-corrected chi connectivity index (χ4v) is 2.65. The minimum atomic E-state index is -0.0329. The highest BCUT2D eigenvalue weighted by Gasteiger charge is 2.23. The Balaban J connectivity index is 1.78. The first-order valence-electron chi connectivity index (χ1n) is 6.98. The first-order chi connectivity index (χ1) is 9.04. The van der Waals surface area contributed by atoms with Gasteiger partial charge in [-0.2, -0.15) is 0 Å². The predicted octanol–water partition coefficient (Wildman–Crippen LogP) is 2.43. The van der Waals surface area contributed by atoms with Crippen LogP contribution in [0.2, 0.25) is 0 Å². The van der Waals surface area contributed by atoms with Gasteiger partial charge in [-0.3, -0.25) is 9.69 Å². The molecule has 0 saturated heterocycles. The molecule has 1 aromatic heterocycles. The smallest absolute Gasteiger partial charge is 0.239 e. The fourth-order valence-electron chi connectivity index (χ4n) is 2.65. The first kappa shape index (κ1) is 14.1. The van der Waals surface area contributed by atoms with Gasteiger partial charge in [-0.15, -0.1) is 0 Å². The van der Waals surface area contributed by atoms with Crippen molar-refractivity contribution in [2.75, 3.05) is 18.9 Å². The van der Waals surface area contributed by atoms with Gasteiger partial charge < -0.3 is 9.84 Å². The number of anilines is 1. The summed E-state index contributed by atoms with van der Waals surface area (Å²) in [6.45, 7) is 4.51. The largest absolute Gasteiger partial charge is 0.360 e. The summed E-state index contributed by atoms with van der Waals surface area (Å²) in [4.78, 5) is 14.1. The molecule has 0 radical (unpaired) electrons. The Hall–Kier alpha value is -1.36. The molecule has 0 unspecified atom stereocenters. The molecule has 19 heavy (non-hydrogen) atoms. The van der Waals surface area contributed by atoms with Crippen LogP contribution in [0.4, 0.5) is 5.82 Å². The fraction of sp³-hybridized carbons (Fsp3) is 0.714. The predicted molar refractivity (Wildman–Crippen MR) is 73.9 cm³/mol. The van der Waals surface area contributed by atoms with Gasteiger partial charge in [-0.05, 0) is 45.6 Å². The molecule has 0 spiro atoms. The van der Waals surface area contributed by atoms with Gasteiger partial charge in [0.15, 0.2) is 5.82 Å². The number of carbonyl (C=O) groups excluding carboxylic acids is 1. The Labute approximate surface area is 114 Å². The maximum Gasteiger partial charge on any atom is 0.239 e. The summed E-state index contributed by atoms with van der Waals surface area (Å²) in [6, 6.07) is 2.25. The lowest BCUT2D eigenvalue weighted by molar-refractivity contribution is -0.117. The number of rotatable bonds is 4. The molecular weight excluding hydrogens is 242 g/mol. The number of hydrogen-bond acceptors (Lipinski definition) is 4. The summed E-state index contributed by atoms with van der Waals surface area (Å²) in [5.74, 6) is 1.99. The highest BCUT2D eigenvalue weighted by molar-refractivity contribution is 5.91. The summed E-state index contributed by atoms with van der Waals surface area (Å²) in [7, 11) is 2.02. The monoisotopic (exact) mass is 265 g/mol. The number of nitrogens with zero attached hydrogens (tertiary/aromatic N) is 2. The van der Waals surface area contributed by atoms with Crippen LogP contribution in [0.3, 0.4) is 0 Å². The van der Waals surface area contributed by atoms with Crippen molar-refractivity contribution in [3.8, 4) is 0 Å². The summed E-state index contributed by atoms with van der Waals surface area (Å²) in [5, 5.41) is 6.52. The standard InChI is InChI=1S/C14H23N3O2/c1-10-4-6-12(7-5-10)17(3)9-14(18)15-13-8-11(2)19-16-13/h8,10,12H,4-7,9H2,1-3H3,(H,15,16,18). The van der Waals surface area contributed by atoms with Crippen LogP contribution in [0.15, 0.2) is 10.6 Å². The number of nitrogens with one attached hydrogen (secondary N) is 1. The second kappa shape index (κ2) is 6.19. The zero-order valence-corrected chi connectivity index (χ0v) is 12.0. The van der Waals surface area contributed by atoms with Crippen molar-refractivity contribution < 1.29 is 9.32 Å². The van der Waals surface area contributed by atoms with E-state index < -0.39 is 0 Å². The number of aromatic nitrogens is 1. The lowest BCUT2D eigenvalue weighted by Crippen LogP contribution is -2.39. The zero-order chi connectivity index (χ0) is 13.8. The normalized spacial score (nSPS) is 23.6. The van der Waals surface area contributed by atoms with Crippen molar-refractivity contribution >= 4 is 11.7 Å². The quantitative estimate of drug-likeness (QED) is 0.908. The Bertz CT molecular complexity index is 422. The van der Waals surface area contributed by atoms with Gasteiger partial charge in [0.2, 0.25) is 5.91 Å². The van der Waals surface area contributed by atoms with Crippen molar-refractivity contribution in [2.45, 2.75) is 45.6 Å². The number of amides is 1. The highest BCUT2D eigenvalue weighted by Crippen LogP contribution is 2.26. The molecule has 0 aliphatic heterocycles. The molecule has 0 atom stereocenters. The van der Waals surface area contributed by atoms with Crippen molar-refractivity contribution in [3.05, 3.63) is 11.8 Å². The molecule has 1 heterocycles. The second-order valence-corrected chi connectivity index (χ2v) is 5.70. The van der Waals surface area contributed by atoms with Crippen LogP contribution in [0, 0.1) is 12.8 Å². The van der Waals surface area contributed by atoms with Crippen molar-refractivity contribution in [1.82, 2.24) is 10.1 Å². The minimum Gasteiger partial charge on any atom is -0.360 e. The van der Waals surface area contributed by atoms with E-state index in [2.05, 4.69) is 22.3 Å². The first-order valence-corrected chi connectivity index (χ1v) is 6.98. The van der Waals surface area contributed by atoms with Crippen LogP contribution in [-0.4, -0.2) is 35.6 Å². The molecule has 1 N–H and O–H groups in total. The van der Waals surface area contributed by atoms with E-state index in [-0.39, 0.29) is 5.91 Å². The van der Waals surface area contributed by atoms with E-state index in [4.69, 9.17) is 4.52 Å². The third kappa shape index (κ3) is 4.06. The average Bonchev–Trinajstić information content (AvgIpc) is 2.75. The van der Waals surface area contributed by atoms with E-state index in [9.17, 15) is 4.79 Å².